The van der Waals surface area contributed by atoms with Crippen molar-refractivity contribution in [1.29, 1.82) is 0 Å². The van der Waals surface area contributed by atoms with Crippen molar-refractivity contribution in [2.75, 3.05) is 32.8 Å². The maximum absolute atomic E-state index is 6.46. The maximum atomic E-state index is 6.46. The van der Waals surface area contributed by atoms with Crippen LogP contribution < -0.4 is 5.73 Å². The summed E-state index contributed by atoms with van der Waals surface area (Å²) in [7, 11) is 0. The summed E-state index contributed by atoms with van der Waals surface area (Å²) in [6.07, 6.45) is 2.19. The predicted molar refractivity (Wildman–Crippen MR) is 92.0 cm³/mol. The highest BCUT2D eigenvalue weighted by Crippen LogP contribution is 2.37. The van der Waals surface area contributed by atoms with Gasteiger partial charge in [-0.25, -0.2) is 0 Å². The summed E-state index contributed by atoms with van der Waals surface area (Å²) < 4.78 is 6.58. The van der Waals surface area contributed by atoms with E-state index in [2.05, 4.69) is 44.0 Å². The molecule has 0 bridgehead atoms. The number of hydrogen-bond acceptors (Lipinski definition) is 3. The number of nitrogens with one attached hydrogen (secondary N) is 1. The second kappa shape index (κ2) is 5.96. The Labute approximate surface area is 139 Å². The summed E-state index contributed by atoms with van der Waals surface area (Å²) in [6.45, 7) is 4.97. The largest absolute Gasteiger partial charge is 0.379 e. The van der Waals surface area contributed by atoms with Gasteiger partial charge in [-0.15, -0.1) is 0 Å². The van der Waals surface area contributed by atoms with Gasteiger partial charge in [-0.1, -0.05) is 15.9 Å². The number of nitrogens with two attached hydrogens (primary N) is 1. The molecular formula is C17H22BrN3O. The van der Waals surface area contributed by atoms with Gasteiger partial charge in [0.05, 0.1) is 13.2 Å². The zero-order valence-corrected chi connectivity index (χ0v) is 14.2. The van der Waals surface area contributed by atoms with Gasteiger partial charge in [0.25, 0.3) is 0 Å². The van der Waals surface area contributed by atoms with Gasteiger partial charge in [0.1, 0.15) is 0 Å². The zero-order chi connectivity index (χ0) is 15.1. The van der Waals surface area contributed by atoms with E-state index >= 15 is 0 Å². The van der Waals surface area contributed by atoms with Crippen LogP contribution in [0.25, 0.3) is 10.9 Å². The summed E-state index contributed by atoms with van der Waals surface area (Å²) in [5.41, 5.74) is 10.3. The van der Waals surface area contributed by atoms with Crippen molar-refractivity contribution in [2.45, 2.75) is 18.9 Å². The Hall–Kier alpha value is -0.880. The lowest BCUT2D eigenvalue weighted by molar-refractivity contribution is 0.0290. The number of ether oxygens (including phenoxy) is 1. The maximum Gasteiger partial charge on any atom is 0.0594 e. The molecule has 1 aromatic heterocycles. The van der Waals surface area contributed by atoms with E-state index in [-0.39, 0.29) is 6.04 Å². The van der Waals surface area contributed by atoms with Crippen molar-refractivity contribution in [2.24, 2.45) is 11.7 Å². The molecule has 2 heterocycles. The van der Waals surface area contributed by atoms with Crippen molar-refractivity contribution in [3.05, 3.63) is 33.9 Å². The van der Waals surface area contributed by atoms with Crippen LogP contribution in [0, 0.1) is 5.92 Å². The van der Waals surface area contributed by atoms with Crippen molar-refractivity contribution in [3.63, 3.8) is 0 Å². The Morgan fingerprint density at radius 3 is 2.95 bits per heavy atom. The molecule has 3 N–H and O–H groups in total. The molecule has 5 heteroatoms. The van der Waals surface area contributed by atoms with Crippen LogP contribution in [0.3, 0.4) is 0 Å². The number of halogens is 1. The minimum absolute atomic E-state index is 0.126. The quantitative estimate of drug-likeness (QED) is 0.862. The van der Waals surface area contributed by atoms with E-state index in [4.69, 9.17) is 10.5 Å². The van der Waals surface area contributed by atoms with Gasteiger partial charge < -0.3 is 15.5 Å². The first-order valence-electron chi connectivity index (χ1n) is 8.06. The van der Waals surface area contributed by atoms with Crippen LogP contribution in [0.15, 0.2) is 22.7 Å². The molecule has 4 rings (SSSR count). The van der Waals surface area contributed by atoms with Gasteiger partial charge in [-0.2, -0.15) is 0 Å². The number of morpholine rings is 1. The van der Waals surface area contributed by atoms with E-state index in [1.165, 1.54) is 22.2 Å². The molecule has 118 valence electrons. The number of aromatic amines is 1. The number of benzene rings is 1. The van der Waals surface area contributed by atoms with Crippen LogP contribution in [0.2, 0.25) is 0 Å². The summed E-state index contributed by atoms with van der Waals surface area (Å²) >= 11 is 3.59. The second-order valence-corrected chi connectivity index (χ2v) is 7.45. The van der Waals surface area contributed by atoms with Crippen LogP contribution in [-0.4, -0.2) is 42.7 Å². The smallest absolute Gasteiger partial charge is 0.0594 e. The standard InChI is InChI=1S/C17H22BrN3O/c18-12-1-2-16-13(9-12)14-7-11(8-15(19)17(14)20-16)10-21-3-5-22-6-4-21/h1-2,9,11,15,20H,3-8,10,19H2. The van der Waals surface area contributed by atoms with Crippen molar-refractivity contribution >= 4 is 26.8 Å². The molecule has 0 radical (unpaired) electrons. The molecular weight excluding hydrogens is 342 g/mol. The van der Waals surface area contributed by atoms with Crippen molar-refractivity contribution < 1.29 is 4.74 Å². The van der Waals surface area contributed by atoms with Crippen molar-refractivity contribution in [3.8, 4) is 0 Å². The molecule has 0 saturated carbocycles. The zero-order valence-electron chi connectivity index (χ0n) is 12.6. The topological polar surface area (TPSA) is 54.3 Å². The van der Waals surface area contributed by atoms with E-state index in [0.29, 0.717) is 5.92 Å². The minimum atomic E-state index is 0.126. The summed E-state index contributed by atoms with van der Waals surface area (Å²) in [4.78, 5) is 6.06. The minimum Gasteiger partial charge on any atom is -0.379 e. The fourth-order valence-electron chi connectivity index (χ4n) is 3.91. The van der Waals surface area contributed by atoms with Crippen LogP contribution >= 0.6 is 15.9 Å². The molecule has 1 aliphatic heterocycles. The first-order chi connectivity index (χ1) is 10.7. The normalized spacial score (nSPS) is 26.3. The van der Waals surface area contributed by atoms with E-state index in [9.17, 15) is 0 Å². The fourth-order valence-corrected chi connectivity index (χ4v) is 4.28. The molecule has 1 aromatic carbocycles. The monoisotopic (exact) mass is 363 g/mol. The van der Waals surface area contributed by atoms with E-state index in [0.717, 1.165) is 50.2 Å². The lowest BCUT2D eigenvalue weighted by atomic mass is 9.83. The number of H-pyrrole nitrogens is 1. The molecule has 2 atom stereocenters. The number of fused-ring (bicyclic) bond motifs is 3. The number of aromatic nitrogens is 1. The van der Waals surface area contributed by atoms with Crippen LogP contribution in [0.1, 0.15) is 23.7 Å². The van der Waals surface area contributed by atoms with Gasteiger partial charge >= 0.3 is 0 Å². The Balaban J connectivity index is 1.60. The van der Waals surface area contributed by atoms with Crippen LogP contribution in [0.5, 0.6) is 0 Å². The number of hydrogen-bond donors (Lipinski definition) is 2. The first-order valence-corrected chi connectivity index (χ1v) is 8.85. The molecule has 4 nitrogen and oxygen atoms in total. The third-order valence-corrected chi connectivity index (χ3v) is 5.47. The Kier molecular flexibility index (Phi) is 3.98. The average Bonchev–Trinajstić information content (AvgIpc) is 2.87. The molecule has 2 unspecified atom stereocenters. The highest BCUT2D eigenvalue weighted by Gasteiger charge is 2.29. The number of rotatable bonds is 2. The van der Waals surface area contributed by atoms with Gasteiger partial charge in [-0.05, 0) is 42.5 Å². The predicted octanol–water partition coefficient (Wildman–Crippen LogP) is 2.82. The van der Waals surface area contributed by atoms with Gasteiger partial charge in [-0.3, -0.25) is 4.90 Å². The highest BCUT2D eigenvalue weighted by atomic mass is 79.9. The summed E-state index contributed by atoms with van der Waals surface area (Å²) in [5, 5.41) is 1.33. The Morgan fingerprint density at radius 1 is 1.32 bits per heavy atom. The number of nitrogens with zero attached hydrogens (tertiary/aromatic N) is 1. The SMILES string of the molecule is NC1CC(CN2CCOCC2)Cc2c1[nH]c1ccc(Br)cc21. The van der Waals surface area contributed by atoms with E-state index in [1.54, 1.807) is 0 Å². The van der Waals surface area contributed by atoms with Gasteiger partial charge in [0.15, 0.2) is 0 Å². The molecule has 2 aromatic rings. The van der Waals surface area contributed by atoms with Crippen LogP contribution in [0.4, 0.5) is 0 Å². The fraction of sp³-hybridized carbons (Fsp3) is 0.529. The molecule has 1 saturated heterocycles. The lowest BCUT2D eigenvalue weighted by Crippen LogP contribution is -2.41. The molecule has 1 fully saturated rings. The lowest BCUT2D eigenvalue weighted by Gasteiger charge is -2.34. The van der Waals surface area contributed by atoms with Crippen molar-refractivity contribution in [1.82, 2.24) is 9.88 Å². The Bertz CT molecular complexity index is 678. The van der Waals surface area contributed by atoms with E-state index < -0.39 is 0 Å². The molecule has 1 aliphatic carbocycles. The third-order valence-electron chi connectivity index (χ3n) is 4.97. The molecule has 0 spiro atoms. The summed E-state index contributed by atoms with van der Waals surface area (Å²) in [5.74, 6) is 0.638. The molecule has 2 aliphatic rings. The van der Waals surface area contributed by atoms with Gasteiger partial charge in [0, 0.05) is 46.7 Å². The highest BCUT2D eigenvalue weighted by molar-refractivity contribution is 9.10. The summed E-state index contributed by atoms with van der Waals surface area (Å²) in [6, 6.07) is 6.57. The van der Waals surface area contributed by atoms with E-state index in [1.807, 2.05) is 0 Å². The first kappa shape index (κ1) is 14.7. The van der Waals surface area contributed by atoms with Gasteiger partial charge in [0.2, 0.25) is 0 Å². The Morgan fingerprint density at radius 2 is 2.14 bits per heavy atom. The average molecular weight is 364 g/mol. The molecule has 22 heavy (non-hydrogen) atoms. The molecule has 0 amide bonds. The van der Waals surface area contributed by atoms with Crippen LogP contribution in [-0.2, 0) is 11.2 Å². The third kappa shape index (κ3) is 2.71. The second-order valence-electron chi connectivity index (χ2n) is 6.53.